The predicted molar refractivity (Wildman–Crippen MR) is 64.9 cm³/mol. The summed E-state index contributed by atoms with van der Waals surface area (Å²) in [5.41, 5.74) is -0.475. The van der Waals surface area contributed by atoms with Crippen LogP contribution in [0.2, 0.25) is 0 Å². The summed E-state index contributed by atoms with van der Waals surface area (Å²) in [6.45, 7) is 3.14. The lowest BCUT2D eigenvalue weighted by Gasteiger charge is -2.54. The van der Waals surface area contributed by atoms with E-state index in [1.165, 1.54) is 25.8 Å². The molecule has 0 radical (unpaired) electrons. The number of hydrogen-bond donors (Lipinski definition) is 2. The van der Waals surface area contributed by atoms with Gasteiger partial charge in [-0.3, -0.25) is 9.69 Å². The fourth-order valence-electron chi connectivity index (χ4n) is 4.16. The van der Waals surface area contributed by atoms with Crippen molar-refractivity contribution in [1.29, 1.82) is 0 Å². The van der Waals surface area contributed by atoms with Crippen molar-refractivity contribution in [3.05, 3.63) is 0 Å². The lowest BCUT2D eigenvalue weighted by atomic mass is 9.65. The van der Waals surface area contributed by atoms with E-state index < -0.39 is 11.4 Å². The van der Waals surface area contributed by atoms with Crippen molar-refractivity contribution >= 4 is 5.97 Å². The monoisotopic (exact) mass is 238 g/mol. The number of carboxylic acids is 1. The Balaban J connectivity index is 1.89. The molecule has 4 heteroatoms. The molecule has 0 amide bonds. The van der Waals surface area contributed by atoms with Crippen molar-refractivity contribution in [2.24, 2.45) is 5.41 Å². The maximum Gasteiger partial charge on any atom is 0.311 e. The minimum absolute atomic E-state index is 0.183. The third kappa shape index (κ3) is 1.69. The van der Waals surface area contributed by atoms with Crippen LogP contribution in [0.15, 0.2) is 0 Å². The van der Waals surface area contributed by atoms with Gasteiger partial charge in [0.1, 0.15) is 0 Å². The average Bonchev–Trinajstić information content (AvgIpc) is 2.38. The molecule has 0 aromatic carbocycles. The van der Waals surface area contributed by atoms with Crippen LogP contribution in [0.1, 0.15) is 38.5 Å². The van der Waals surface area contributed by atoms with Crippen molar-refractivity contribution in [2.45, 2.75) is 50.6 Å². The number of hydrogen-bond acceptors (Lipinski definition) is 3. The summed E-state index contributed by atoms with van der Waals surface area (Å²) >= 11 is 0. The van der Waals surface area contributed by atoms with Gasteiger partial charge >= 0.3 is 5.97 Å². The largest absolute Gasteiger partial charge is 0.481 e. The van der Waals surface area contributed by atoms with E-state index in [0.29, 0.717) is 6.04 Å². The zero-order chi connectivity index (χ0) is 11.9. The molecular weight excluding hydrogens is 216 g/mol. The van der Waals surface area contributed by atoms with Gasteiger partial charge in [-0.25, -0.2) is 0 Å². The summed E-state index contributed by atoms with van der Waals surface area (Å²) in [5.74, 6) is -0.570. The summed E-state index contributed by atoms with van der Waals surface area (Å²) in [5, 5.41) is 13.2. The van der Waals surface area contributed by atoms with E-state index in [0.717, 1.165) is 32.4 Å². The van der Waals surface area contributed by atoms with Gasteiger partial charge in [0.25, 0.3) is 0 Å². The number of rotatable bonds is 1. The van der Waals surface area contributed by atoms with Gasteiger partial charge in [-0.1, -0.05) is 6.42 Å². The lowest BCUT2D eigenvalue weighted by molar-refractivity contribution is -0.160. The Morgan fingerprint density at radius 2 is 2.12 bits per heavy atom. The molecule has 0 aromatic heterocycles. The number of carboxylic acid groups (broad SMARTS) is 1. The van der Waals surface area contributed by atoms with Gasteiger partial charge < -0.3 is 10.4 Å². The lowest BCUT2D eigenvalue weighted by Crippen LogP contribution is -2.68. The molecule has 17 heavy (non-hydrogen) atoms. The van der Waals surface area contributed by atoms with Crippen LogP contribution >= 0.6 is 0 Å². The van der Waals surface area contributed by atoms with E-state index >= 15 is 0 Å². The second-order valence-corrected chi connectivity index (χ2v) is 5.85. The molecule has 3 heterocycles. The quantitative estimate of drug-likeness (QED) is 0.717. The van der Waals surface area contributed by atoms with Gasteiger partial charge in [0.2, 0.25) is 0 Å². The number of nitrogens with one attached hydrogen (secondary N) is 1. The fourth-order valence-corrected chi connectivity index (χ4v) is 4.16. The van der Waals surface area contributed by atoms with Gasteiger partial charge in [0.05, 0.1) is 5.41 Å². The molecule has 3 atom stereocenters. The third-order valence-corrected chi connectivity index (χ3v) is 5.08. The fraction of sp³-hybridized carbons (Fsp3) is 0.923. The number of fused-ring (bicyclic) bond motifs is 3. The normalized spacial score (nSPS) is 42.6. The van der Waals surface area contributed by atoms with Crippen molar-refractivity contribution < 1.29 is 9.90 Å². The van der Waals surface area contributed by atoms with Crippen LogP contribution < -0.4 is 5.32 Å². The summed E-state index contributed by atoms with van der Waals surface area (Å²) < 4.78 is 0. The molecule has 0 saturated carbocycles. The number of aliphatic carboxylic acids is 1. The van der Waals surface area contributed by atoms with E-state index in [9.17, 15) is 9.90 Å². The van der Waals surface area contributed by atoms with Crippen LogP contribution in [0.25, 0.3) is 0 Å². The van der Waals surface area contributed by atoms with E-state index in [2.05, 4.69) is 10.2 Å². The molecule has 0 spiro atoms. The molecule has 2 N–H and O–H groups in total. The third-order valence-electron chi connectivity index (χ3n) is 5.08. The molecule has 3 aliphatic heterocycles. The van der Waals surface area contributed by atoms with Gasteiger partial charge in [-0.05, 0) is 51.7 Å². The first-order valence-electron chi connectivity index (χ1n) is 6.95. The van der Waals surface area contributed by atoms with Crippen LogP contribution in [0.3, 0.4) is 0 Å². The number of nitrogens with zero attached hydrogens (tertiary/aromatic N) is 1. The Kier molecular flexibility index (Phi) is 2.87. The maximum absolute atomic E-state index is 11.7. The molecule has 96 valence electrons. The first-order chi connectivity index (χ1) is 8.24. The number of piperidine rings is 3. The molecule has 0 aliphatic carbocycles. The average molecular weight is 238 g/mol. The Hall–Kier alpha value is -0.610. The van der Waals surface area contributed by atoms with Crippen LogP contribution in [-0.2, 0) is 4.79 Å². The van der Waals surface area contributed by atoms with Crippen molar-refractivity contribution in [3.63, 3.8) is 0 Å². The minimum atomic E-state index is -0.570. The topological polar surface area (TPSA) is 52.6 Å². The smallest absolute Gasteiger partial charge is 0.311 e. The van der Waals surface area contributed by atoms with Gasteiger partial charge in [-0.15, -0.1) is 0 Å². The minimum Gasteiger partial charge on any atom is -0.481 e. The Morgan fingerprint density at radius 1 is 1.24 bits per heavy atom. The molecule has 3 rings (SSSR count). The second-order valence-electron chi connectivity index (χ2n) is 5.85. The highest BCUT2D eigenvalue weighted by molar-refractivity contribution is 5.76. The molecule has 0 aromatic rings. The molecule has 3 unspecified atom stereocenters. The van der Waals surface area contributed by atoms with Crippen LogP contribution in [0, 0.1) is 5.41 Å². The molecular formula is C13H22N2O2. The summed E-state index contributed by atoms with van der Waals surface area (Å²) in [6, 6.07) is 0.650. The van der Waals surface area contributed by atoms with Crippen LogP contribution in [0.5, 0.6) is 0 Å². The Labute approximate surface area is 102 Å². The highest BCUT2D eigenvalue weighted by Gasteiger charge is 2.54. The van der Waals surface area contributed by atoms with E-state index in [1.807, 2.05) is 0 Å². The van der Waals surface area contributed by atoms with Gasteiger partial charge in [-0.2, -0.15) is 0 Å². The Bertz CT molecular complexity index is 321. The van der Waals surface area contributed by atoms with Crippen LogP contribution in [0.4, 0.5) is 0 Å². The predicted octanol–water partition coefficient (Wildman–Crippen LogP) is 1.07. The maximum atomic E-state index is 11.7. The SMILES string of the molecule is O=C(O)C12CCCNC1C1CCCCN1CC2. The highest BCUT2D eigenvalue weighted by Crippen LogP contribution is 2.43. The molecule has 0 bridgehead atoms. The highest BCUT2D eigenvalue weighted by atomic mass is 16.4. The molecule has 3 aliphatic rings. The zero-order valence-electron chi connectivity index (χ0n) is 10.3. The molecule has 4 nitrogen and oxygen atoms in total. The number of carbonyl (C=O) groups is 1. The van der Waals surface area contributed by atoms with Crippen molar-refractivity contribution in [2.75, 3.05) is 19.6 Å². The molecule has 3 fully saturated rings. The summed E-state index contributed by atoms with van der Waals surface area (Å²) in [7, 11) is 0. The van der Waals surface area contributed by atoms with E-state index in [4.69, 9.17) is 0 Å². The first kappa shape index (κ1) is 11.5. The van der Waals surface area contributed by atoms with Crippen molar-refractivity contribution in [1.82, 2.24) is 10.2 Å². The van der Waals surface area contributed by atoms with Gasteiger partial charge in [0, 0.05) is 12.1 Å². The van der Waals surface area contributed by atoms with E-state index in [-0.39, 0.29) is 6.04 Å². The summed E-state index contributed by atoms with van der Waals surface area (Å²) in [4.78, 5) is 14.2. The second kappa shape index (κ2) is 4.25. The molecule has 3 saturated heterocycles. The zero-order valence-corrected chi connectivity index (χ0v) is 10.3. The van der Waals surface area contributed by atoms with E-state index in [1.54, 1.807) is 0 Å². The summed E-state index contributed by atoms with van der Waals surface area (Å²) in [6.07, 6.45) is 6.42. The van der Waals surface area contributed by atoms with Gasteiger partial charge in [0.15, 0.2) is 0 Å². The Morgan fingerprint density at radius 3 is 2.94 bits per heavy atom. The van der Waals surface area contributed by atoms with Crippen LogP contribution in [-0.4, -0.2) is 47.7 Å². The standard InChI is InChI=1S/C13H22N2O2/c16-12(17)13-5-3-7-14-11(13)10-4-1-2-8-15(10)9-6-13/h10-11,14H,1-9H2,(H,16,17). The van der Waals surface area contributed by atoms with Crippen molar-refractivity contribution in [3.8, 4) is 0 Å². The first-order valence-corrected chi connectivity index (χ1v) is 6.95.